The molecule has 0 unspecified atom stereocenters. The molecule has 3 nitrogen and oxygen atoms in total. The lowest BCUT2D eigenvalue weighted by atomic mass is 10.1. The summed E-state index contributed by atoms with van der Waals surface area (Å²) in [5, 5.41) is 5.32. The van der Waals surface area contributed by atoms with Crippen molar-refractivity contribution >= 4 is 40.0 Å². The molecule has 0 atom stereocenters. The van der Waals surface area contributed by atoms with Crippen molar-refractivity contribution in [2.75, 3.05) is 6.54 Å². The molecule has 0 radical (unpaired) electrons. The highest BCUT2D eigenvalue weighted by Gasteiger charge is 2.07. The zero-order valence-corrected chi connectivity index (χ0v) is 13.2. The predicted molar refractivity (Wildman–Crippen MR) is 90.8 cm³/mol. The van der Waals surface area contributed by atoms with Crippen molar-refractivity contribution in [2.45, 2.75) is 6.42 Å². The summed E-state index contributed by atoms with van der Waals surface area (Å²) in [5.41, 5.74) is 2.78. The first kappa shape index (κ1) is 14.9. The van der Waals surface area contributed by atoms with Crippen LogP contribution in [0, 0.1) is 0 Å². The van der Waals surface area contributed by atoms with E-state index >= 15 is 0 Å². The van der Waals surface area contributed by atoms with Crippen LogP contribution in [-0.4, -0.2) is 17.4 Å². The molecule has 2 N–H and O–H groups in total. The first-order chi connectivity index (χ1) is 10.6. The van der Waals surface area contributed by atoms with Gasteiger partial charge in [-0.3, -0.25) is 4.79 Å². The minimum atomic E-state index is -0.102. The van der Waals surface area contributed by atoms with Gasteiger partial charge >= 0.3 is 0 Å². The Labute approximate surface area is 138 Å². The quantitative estimate of drug-likeness (QED) is 0.728. The maximum Gasteiger partial charge on any atom is 0.251 e. The SMILES string of the molecule is O=C(NCCc1c[nH]c2ccc(Cl)cc12)c1ccc(Cl)cc1. The second-order valence-corrected chi connectivity index (χ2v) is 5.89. The molecular weight excluding hydrogens is 319 g/mol. The number of aromatic amines is 1. The molecule has 5 heteroatoms. The molecular formula is C17H14Cl2N2O. The molecule has 0 spiro atoms. The molecule has 0 saturated carbocycles. The molecule has 112 valence electrons. The van der Waals surface area contributed by atoms with Crippen molar-refractivity contribution in [2.24, 2.45) is 0 Å². The minimum absolute atomic E-state index is 0.102. The summed E-state index contributed by atoms with van der Waals surface area (Å²) in [6.45, 7) is 0.556. The molecule has 0 aliphatic heterocycles. The third-order valence-corrected chi connectivity index (χ3v) is 4.00. The summed E-state index contributed by atoms with van der Waals surface area (Å²) < 4.78 is 0. The Bertz CT molecular complexity index is 809. The molecule has 3 rings (SSSR count). The number of carbonyl (C=O) groups is 1. The Morgan fingerprint density at radius 1 is 1.05 bits per heavy atom. The van der Waals surface area contributed by atoms with Crippen LogP contribution >= 0.6 is 23.2 Å². The summed E-state index contributed by atoms with van der Waals surface area (Å²) in [6.07, 6.45) is 2.69. The van der Waals surface area contributed by atoms with E-state index in [1.807, 2.05) is 24.4 Å². The van der Waals surface area contributed by atoms with E-state index < -0.39 is 0 Å². The Morgan fingerprint density at radius 2 is 1.77 bits per heavy atom. The smallest absolute Gasteiger partial charge is 0.251 e. The number of fused-ring (bicyclic) bond motifs is 1. The summed E-state index contributed by atoms with van der Waals surface area (Å²) in [4.78, 5) is 15.2. The van der Waals surface area contributed by atoms with Crippen molar-refractivity contribution in [3.63, 3.8) is 0 Å². The Kier molecular flexibility index (Phi) is 4.36. The van der Waals surface area contributed by atoms with Gasteiger partial charge in [-0.25, -0.2) is 0 Å². The van der Waals surface area contributed by atoms with Crippen molar-refractivity contribution in [1.82, 2.24) is 10.3 Å². The number of hydrogen-bond acceptors (Lipinski definition) is 1. The Hall–Kier alpha value is -1.97. The number of nitrogens with one attached hydrogen (secondary N) is 2. The molecule has 2 aromatic carbocycles. The second-order valence-electron chi connectivity index (χ2n) is 5.02. The normalized spacial score (nSPS) is 10.8. The first-order valence-electron chi connectivity index (χ1n) is 6.93. The van der Waals surface area contributed by atoms with E-state index in [1.54, 1.807) is 24.3 Å². The van der Waals surface area contributed by atoms with Gasteiger partial charge in [-0.05, 0) is 54.4 Å². The number of carbonyl (C=O) groups excluding carboxylic acids is 1. The highest BCUT2D eigenvalue weighted by atomic mass is 35.5. The van der Waals surface area contributed by atoms with Gasteiger partial charge in [0.2, 0.25) is 0 Å². The van der Waals surface area contributed by atoms with Crippen LogP contribution in [0.4, 0.5) is 0 Å². The fraction of sp³-hybridized carbons (Fsp3) is 0.118. The fourth-order valence-electron chi connectivity index (χ4n) is 2.37. The molecule has 1 heterocycles. The molecule has 22 heavy (non-hydrogen) atoms. The molecule has 0 bridgehead atoms. The van der Waals surface area contributed by atoms with E-state index in [9.17, 15) is 4.79 Å². The molecule has 0 aliphatic carbocycles. The van der Waals surface area contributed by atoms with E-state index in [-0.39, 0.29) is 5.91 Å². The van der Waals surface area contributed by atoms with Crippen LogP contribution in [0.1, 0.15) is 15.9 Å². The monoisotopic (exact) mass is 332 g/mol. The zero-order chi connectivity index (χ0) is 15.5. The number of H-pyrrole nitrogens is 1. The van der Waals surface area contributed by atoms with Gasteiger partial charge in [0.1, 0.15) is 0 Å². The molecule has 0 fully saturated rings. The van der Waals surface area contributed by atoms with E-state index in [4.69, 9.17) is 23.2 Å². The maximum atomic E-state index is 12.0. The van der Waals surface area contributed by atoms with Crippen LogP contribution in [0.3, 0.4) is 0 Å². The topological polar surface area (TPSA) is 44.9 Å². The lowest BCUT2D eigenvalue weighted by Gasteiger charge is -2.05. The van der Waals surface area contributed by atoms with Crippen LogP contribution in [0.25, 0.3) is 10.9 Å². The Morgan fingerprint density at radius 3 is 2.55 bits per heavy atom. The number of benzene rings is 2. The summed E-state index contributed by atoms with van der Waals surface area (Å²) in [7, 11) is 0. The van der Waals surface area contributed by atoms with Crippen LogP contribution < -0.4 is 5.32 Å². The first-order valence-corrected chi connectivity index (χ1v) is 7.68. The van der Waals surface area contributed by atoms with Gasteiger partial charge < -0.3 is 10.3 Å². The third-order valence-electron chi connectivity index (χ3n) is 3.52. The largest absolute Gasteiger partial charge is 0.361 e. The lowest BCUT2D eigenvalue weighted by Crippen LogP contribution is -2.25. The second kappa shape index (κ2) is 6.42. The molecule has 0 aliphatic rings. The summed E-state index contributed by atoms with van der Waals surface area (Å²) in [6, 6.07) is 12.6. The van der Waals surface area contributed by atoms with Crippen LogP contribution in [0.5, 0.6) is 0 Å². The third kappa shape index (κ3) is 3.26. The number of rotatable bonds is 4. The van der Waals surface area contributed by atoms with Gasteiger partial charge in [-0.2, -0.15) is 0 Å². The Balaban J connectivity index is 1.63. The average Bonchev–Trinajstić information content (AvgIpc) is 2.90. The lowest BCUT2D eigenvalue weighted by molar-refractivity contribution is 0.0954. The summed E-state index contributed by atoms with van der Waals surface area (Å²) >= 11 is 11.8. The zero-order valence-electron chi connectivity index (χ0n) is 11.7. The van der Waals surface area contributed by atoms with Crippen molar-refractivity contribution in [3.8, 4) is 0 Å². The van der Waals surface area contributed by atoms with Gasteiger partial charge in [-0.1, -0.05) is 23.2 Å². The minimum Gasteiger partial charge on any atom is -0.361 e. The van der Waals surface area contributed by atoms with E-state index in [1.165, 1.54) is 0 Å². The van der Waals surface area contributed by atoms with Crippen LogP contribution in [0.15, 0.2) is 48.7 Å². The number of amides is 1. The predicted octanol–water partition coefficient (Wildman–Crippen LogP) is 4.45. The molecule has 3 aromatic rings. The standard InChI is InChI=1S/C17H14Cl2N2O/c18-13-3-1-11(2-4-13)17(22)20-8-7-12-10-21-16-6-5-14(19)9-15(12)16/h1-6,9-10,21H,7-8H2,(H,20,22). The van der Waals surface area contributed by atoms with Gasteiger partial charge in [0.15, 0.2) is 0 Å². The van der Waals surface area contributed by atoms with Crippen molar-refractivity contribution in [3.05, 3.63) is 69.8 Å². The van der Waals surface area contributed by atoms with Gasteiger partial charge in [0, 0.05) is 39.3 Å². The molecule has 1 amide bonds. The van der Waals surface area contributed by atoms with E-state index in [2.05, 4.69) is 10.3 Å². The van der Waals surface area contributed by atoms with Crippen LogP contribution in [0.2, 0.25) is 10.0 Å². The highest BCUT2D eigenvalue weighted by molar-refractivity contribution is 6.31. The van der Waals surface area contributed by atoms with E-state index in [0.29, 0.717) is 22.2 Å². The fourth-order valence-corrected chi connectivity index (χ4v) is 2.67. The summed E-state index contributed by atoms with van der Waals surface area (Å²) in [5.74, 6) is -0.102. The molecule has 1 aromatic heterocycles. The van der Waals surface area contributed by atoms with E-state index in [0.717, 1.165) is 22.9 Å². The van der Waals surface area contributed by atoms with Gasteiger partial charge in [-0.15, -0.1) is 0 Å². The number of aromatic nitrogens is 1. The maximum absolute atomic E-state index is 12.0. The van der Waals surface area contributed by atoms with Gasteiger partial charge in [0.05, 0.1) is 0 Å². The molecule has 0 saturated heterocycles. The van der Waals surface area contributed by atoms with Gasteiger partial charge in [0.25, 0.3) is 5.91 Å². The van der Waals surface area contributed by atoms with Crippen molar-refractivity contribution in [1.29, 1.82) is 0 Å². The highest BCUT2D eigenvalue weighted by Crippen LogP contribution is 2.22. The average molecular weight is 333 g/mol. The number of hydrogen-bond donors (Lipinski definition) is 2. The number of halogens is 2. The van der Waals surface area contributed by atoms with Crippen LogP contribution in [-0.2, 0) is 6.42 Å². The van der Waals surface area contributed by atoms with Crippen molar-refractivity contribution < 1.29 is 4.79 Å².